The number of amidine groups is 1. The molecule has 0 atom stereocenters. The van der Waals surface area contributed by atoms with Crippen LogP contribution in [-0.4, -0.2) is 26.9 Å². The maximum absolute atomic E-state index is 12.4. The fourth-order valence-electron chi connectivity index (χ4n) is 2.95. The number of aliphatic hydroxyl groups is 1. The lowest BCUT2D eigenvalue weighted by atomic mass is 10.0. The summed E-state index contributed by atoms with van der Waals surface area (Å²) in [5, 5.41) is 29.7. The molecule has 7 heteroatoms. The van der Waals surface area contributed by atoms with E-state index in [2.05, 4.69) is 10.3 Å². The van der Waals surface area contributed by atoms with Crippen LogP contribution in [0.2, 0.25) is 0 Å². The molecule has 7 nitrogen and oxygen atoms in total. The summed E-state index contributed by atoms with van der Waals surface area (Å²) in [6, 6.07) is 14.4. The number of aromatic hydroxyl groups is 1. The van der Waals surface area contributed by atoms with Gasteiger partial charge < -0.3 is 21.3 Å². The van der Waals surface area contributed by atoms with Crippen molar-refractivity contribution < 1.29 is 15.0 Å². The second kappa shape index (κ2) is 8.53. The van der Waals surface area contributed by atoms with Gasteiger partial charge in [-0.15, -0.1) is 0 Å². The quantitative estimate of drug-likeness (QED) is 0.326. The molecule has 148 valence electrons. The zero-order valence-electron chi connectivity index (χ0n) is 15.9. The van der Waals surface area contributed by atoms with Gasteiger partial charge in [0.15, 0.2) is 0 Å². The van der Waals surface area contributed by atoms with E-state index in [0.29, 0.717) is 27.9 Å². The molecule has 0 saturated heterocycles. The Kier molecular flexibility index (Phi) is 5.90. The third-order valence-corrected chi connectivity index (χ3v) is 4.70. The van der Waals surface area contributed by atoms with Gasteiger partial charge in [-0.1, -0.05) is 36.4 Å². The molecule has 1 aromatic heterocycles. The molecule has 0 aliphatic heterocycles. The number of nitrogens with one attached hydrogen (secondary N) is 2. The summed E-state index contributed by atoms with van der Waals surface area (Å²) < 4.78 is 0. The summed E-state index contributed by atoms with van der Waals surface area (Å²) in [7, 11) is 0. The second-order valence-electron chi connectivity index (χ2n) is 6.61. The molecule has 0 spiro atoms. The third kappa shape index (κ3) is 4.41. The molecule has 3 rings (SSSR count). The van der Waals surface area contributed by atoms with Crippen LogP contribution in [0.4, 0.5) is 0 Å². The summed E-state index contributed by atoms with van der Waals surface area (Å²) >= 11 is 0. The van der Waals surface area contributed by atoms with Gasteiger partial charge in [-0.25, -0.2) is 0 Å². The highest BCUT2D eigenvalue weighted by Gasteiger charge is 2.13. The zero-order chi connectivity index (χ0) is 21.0. The van der Waals surface area contributed by atoms with Crippen LogP contribution in [0.5, 0.6) is 5.75 Å². The van der Waals surface area contributed by atoms with Crippen LogP contribution in [0.25, 0.3) is 11.1 Å². The molecule has 0 saturated carbocycles. The molecule has 0 radical (unpaired) electrons. The molecule has 0 aliphatic rings. The average Bonchev–Trinajstić information content (AvgIpc) is 2.74. The minimum absolute atomic E-state index is 0.0185. The highest BCUT2D eigenvalue weighted by Crippen LogP contribution is 2.24. The second-order valence-corrected chi connectivity index (χ2v) is 6.61. The van der Waals surface area contributed by atoms with E-state index in [1.807, 2.05) is 24.3 Å². The maximum atomic E-state index is 12.4. The van der Waals surface area contributed by atoms with Crippen molar-refractivity contribution in [3.05, 3.63) is 82.7 Å². The fourth-order valence-corrected chi connectivity index (χ4v) is 2.95. The van der Waals surface area contributed by atoms with Crippen LogP contribution in [0.15, 0.2) is 54.7 Å². The van der Waals surface area contributed by atoms with Gasteiger partial charge in [0.2, 0.25) is 0 Å². The Morgan fingerprint density at radius 1 is 1.07 bits per heavy atom. The highest BCUT2D eigenvalue weighted by molar-refractivity contribution is 5.96. The van der Waals surface area contributed by atoms with Crippen molar-refractivity contribution in [3.63, 3.8) is 0 Å². The molecule has 3 aromatic rings. The predicted octanol–water partition coefficient (Wildman–Crippen LogP) is 2.47. The normalized spacial score (nSPS) is 10.6. The topological polar surface area (TPSA) is 132 Å². The Balaban J connectivity index is 1.69. The lowest BCUT2D eigenvalue weighted by molar-refractivity contribution is 0.0950. The van der Waals surface area contributed by atoms with Crippen LogP contribution < -0.4 is 11.1 Å². The number of hydrogen-bond acceptors (Lipinski definition) is 5. The van der Waals surface area contributed by atoms with E-state index < -0.39 is 0 Å². The smallest absolute Gasteiger partial charge is 0.251 e. The number of aliphatic hydroxyl groups excluding tert-OH is 1. The first kappa shape index (κ1) is 20.0. The molecule has 0 bridgehead atoms. The van der Waals surface area contributed by atoms with Crippen molar-refractivity contribution in [1.82, 2.24) is 10.3 Å². The van der Waals surface area contributed by atoms with Gasteiger partial charge in [0.05, 0.1) is 12.3 Å². The number of benzene rings is 2. The first-order valence-electron chi connectivity index (χ1n) is 9.01. The standard InChI is InChI=1S/C22H22N4O3/c1-13-20(28)19(12-27)18(10-25-13)11-26-22(29)17-8-4-15(5-9-17)14-2-6-16(7-3-14)21(23)24/h2-10,27-28H,11-12H2,1H3,(H3,23,24)(H,26,29). The Bertz CT molecular complexity index is 1040. The number of hydrogen-bond donors (Lipinski definition) is 5. The van der Waals surface area contributed by atoms with Gasteiger partial charge in [-0.05, 0) is 35.7 Å². The number of nitrogen functional groups attached to an aromatic ring is 1. The minimum atomic E-state index is -0.336. The molecule has 6 N–H and O–H groups in total. The predicted molar refractivity (Wildman–Crippen MR) is 111 cm³/mol. The van der Waals surface area contributed by atoms with Crippen LogP contribution in [0.3, 0.4) is 0 Å². The summed E-state index contributed by atoms with van der Waals surface area (Å²) in [5.74, 6) is -0.308. The Morgan fingerprint density at radius 2 is 1.62 bits per heavy atom. The van der Waals surface area contributed by atoms with E-state index in [0.717, 1.165) is 11.1 Å². The summed E-state index contributed by atoms with van der Waals surface area (Å²) in [4.78, 5) is 16.5. The number of nitrogens with zero attached hydrogens (tertiary/aromatic N) is 1. The van der Waals surface area contributed by atoms with Crippen LogP contribution in [-0.2, 0) is 13.2 Å². The van der Waals surface area contributed by atoms with E-state index in [1.54, 1.807) is 31.2 Å². The number of nitrogens with two attached hydrogens (primary N) is 1. The number of aromatic nitrogens is 1. The number of rotatable bonds is 6. The van der Waals surface area contributed by atoms with Gasteiger partial charge in [0, 0.05) is 29.4 Å². The number of pyridine rings is 1. The maximum Gasteiger partial charge on any atom is 0.251 e. The van der Waals surface area contributed by atoms with Crippen molar-refractivity contribution in [2.45, 2.75) is 20.1 Å². The zero-order valence-corrected chi connectivity index (χ0v) is 15.9. The summed E-state index contributed by atoms with van der Waals surface area (Å²) in [5.41, 5.74) is 9.86. The molecule has 0 fully saturated rings. The molecule has 2 aromatic carbocycles. The number of amides is 1. The Morgan fingerprint density at radius 3 is 2.14 bits per heavy atom. The minimum Gasteiger partial charge on any atom is -0.506 e. The van der Waals surface area contributed by atoms with Gasteiger partial charge in [0.25, 0.3) is 5.91 Å². The first-order chi connectivity index (χ1) is 13.9. The number of carbonyl (C=O) groups is 1. The monoisotopic (exact) mass is 390 g/mol. The number of carbonyl (C=O) groups excluding carboxylic acids is 1. The molecule has 1 heterocycles. The van der Waals surface area contributed by atoms with E-state index in [4.69, 9.17) is 11.1 Å². The lowest BCUT2D eigenvalue weighted by Gasteiger charge is -2.12. The highest BCUT2D eigenvalue weighted by atomic mass is 16.3. The first-order valence-corrected chi connectivity index (χ1v) is 9.01. The molecular formula is C22H22N4O3. The van der Waals surface area contributed by atoms with Gasteiger partial charge >= 0.3 is 0 Å². The average molecular weight is 390 g/mol. The molecule has 1 amide bonds. The van der Waals surface area contributed by atoms with Crippen molar-refractivity contribution in [2.75, 3.05) is 0 Å². The Labute approximate surface area is 168 Å². The van der Waals surface area contributed by atoms with E-state index in [1.165, 1.54) is 6.20 Å². The van der Waals surface area contributed by atoms with E-state index in [-0.39, 0.29) is 30.6 Å². The molecular weight excluding hydrogens is 368 g/mol. The van der Waals surface area contributed by atoms with Gasteiger partial charge in [-0.2, -0.15) is 0 Å². The van der Waals surface area contributed by atoms with Gasteiger partial charge in [-0.3, -0.25) is 15.2 Å². The van der Waals surface area contributed by atoms with Crippen molar-refractivity contribution >= 4 is 11.7 Å². The van der Waals surface area contributed by atoms with Gasteiger partial charge in [0.1, 0.15) is 11.6 Å². The SMILES string of the molecule is Cc1ncc(CNC(=O)c2ccc(-c3ccc(C(=N)N)cc3)cc2)c(CO)c1O. The van der Waals surface area contributed by atoms with E-state index >= 15 is 0 Å². The largest absolute Gasteiger partial charge is 0.506 e. The Hall–Kier alpha value is -3.71. The van der Waals surface area contributed by atoms with Crippen LogP contribution in [0, 0.1) is 12.3 Å². The molecule has 0 unspecified atom stereocenters. The summed E-state index contributed by atoms with van der Waals surface area (Å²) in [6.45, 7) is 1.45. The fraction of sp³-hybridized carbons (Fsp3) is 0.136. The van der Waals surface area contributed by atoms with Crippen molar-refractivity contribution in [2.24, 2.45) is 5.73 Å². The van der Waals surface area contributed by atoms with Crippen LogP contribution >= 0.6 is 0 Å². The molecule has 0 aliphatic carbocycles. The van der Waals surface area contributed by atoms with Crippen molar-refractivity contribution in [3.8, 4) is 16.9 Å². The lowest BCUT2D eigenvalue weighted by Crippen LogP contribution is -2.23. The third-order valence-electron chi connectivity index (χ3n) is 4.70. The van der Waals surface area contributed by atoms with E-state index in [9.17, 15) is 15.0 Å². The van der Waals surface area contributed by atoms with Crippen LogP contribution in [0.1, 0.15) is 32.7 Å². The summed E-state index contributed by atoms with van der Waals surface area (Å²) in [6.07, 6.45) is 1.54. The number of aryl methyl sites for hydroxylation is 1. The molecule has 29 heavy (non-hydrogen) atoms. The van der Waals surface area contributed by atoms with Crippen molar-refractivity contribution in [1.29, 1.82) is 5.41 Å².